The standard InChI is InChI=1S/C12H10F2OS/c1-7-4-5-8(11(14)10(7)13)12(15)9-3-2-6-16-9/h2-6,12,15H,1H3. The van der Waals surface area contributed by atoms with Crippen molar-refractivity contribution in [1.29, 1.82) is 0 Å². The van der Waals surface area contributed by atoms with Gasteiger partial charge in [-0.2, -0.15) is 0 Å². The van der Waals surface area contributed by atoms with E-state index < -0.39 is 17.7 Å². The summed E-state index contributed by atoms with van der Waals surface area (Å²) in [7, 11) is 0. The molecule has 0 radical (unpaired) electrons. The summed E-state index contributed by atoms with van der Waals surface area (Å²) in [5.74, 6) is -1.87. The topological polar surface area (TPSA) is 20.2 Å². The fourth-order valence-corrected chi connectivity index (χ4v) is 2.20. The van der Waals surface area contributed by atoms with Crippen molar-refractivity contribution in [3.63, 3.8) is 0 Å². The maximum atomic E-state index is 13.6. The van der Waals surface area contributed by atoms with E-state index >= 15 is 0 Å². The molecule has 0 fully saturated rings. The van der Waals surface area contributed by atoms with Crippen LogP contribution in [0.3, 0.4) is 0 Å². The van der Waals surface area contributed by atoms with Gasteiger partial charge in [0.25, 0.3) is 0 Å². The molecule has 0 spiro atoms. The summed E-state index contributed by atoms with van der Waals surface area (Å²) in [6.07, 6.45) is -1.10. The molecule has 0 aliphatic heterocycles. The number of aryl methyl sites for hydroxylation is 1. The minimum Gasteiger partial charge on any atom is -0.383 e. The Hall–Kier alpha value is -1.26. The largest absolute Gasteiger partial charge is 0.383 e. The number of rotatable bonds is 2. The summed E-state index contributed by atoms with van der Waals surface area (Å²) in [6.45, 7) is 1.49. The third-order valence-electron chi connectivity index (χ3n) is 2.41. The van der Waals surface area contributed by atoms with Gasteiger partial charge in [-0.3, -0.25) is 0 Å². The average Bonchev–Trinajstić information content (AvgIpc) is 2.79. The van der Waals surface area contributed by atoms with Gasteiger partial charge in [-0.1, -0.05) is 18.2 Å². The Kier molecular flexibility index (Phi) is 3.03. The number of halogens is 2. The summed E-state index contributed by atoms with van der Waals surface area (Å²) in [5.41, 5.74) is 0.213. The molecule has 1 heterocycles. The molecule has 2 rings (SSSR count). The Morgan fingerprint density at radius 1 is 1.19 bits per heavy atom. The molecule has 84 valence electrons. The van der Waals surface area contributed by atoms with E-state index in [9.17, 15) is 13.9 Å². The molecule has 1 N–H and O–H groups in total. The fraction of sp³-hybridized carbons (Fsp3) is 0.167. The van der Waals surface area contributed by atoms with E-state index in [1.165, 1.54) is 30.4 Å². The van der Waals surface area contributed by atoms with E-state index in [2.05, 4.69) is 0 Å². The second-order valence-electron chi connectivity index (χ2n) is 3.52. The summed E-state index contributed by atoms with van der Waals surface area (Å²) in [4.78, 5) is 0.599. The van der Waals surface area contributed by atoms with Gasteiger partial charge in [-0.15, -0.1) is 11.3 Å². The Labute approximate surface area is 96.0 Å². The molecule has 0 aliphatic rings. The van der Waals surface area contributed by atoms with Crippen LogP contribution in [0.15, 0.2) is 29.6 Å². The molecule has 0 saturated heterocycles. The van der Waals surface area contributed by atoms with Crippen molar-refractivity contribution < 1.29 is 13.9 Å². The van der Waals surface area contributed by atoms with Gasteiger partial charge in [0.05, 0.1) is 0 Å². The van der Waals surface area contributed by atoms with Crippen molar-refractivity contribution in [3.8, 4) is 0 Å². The lowest BCUT2D eigenvalue weighted by molar-refractivity contribution is 0.217. The van der Waals surface area contributed by atoms with Crippen molar-refractivity contribution in [2.24, 2.45) is 0 Å². The quantitative estimate of drug-likeness (QED) is 0.852. The summed E-state index contributed by atoms with van der Waals surface area (Å²) < 4.78 is 26.9. The first-order valence-electron chi connectivity index (χ1n) is 4.77. The number of thiophene rings is 1. The molecule has 1 nitrogen and oxygen atoms in total. The number of benzene rings is 1. The number of aliphatic hydroxyl groups excluding tert-OH is 1. The lowest BCUT2D eigenvalue weighted by atomic mass is 10.0. The number of hydrogen-bond acceptors (Lipinski definition) is 2. The lowest BCUT2D eigenvalue weighted by Gasteiger charge is -2.11. The highest BCUT2D eigenvalue weighted by Gasteiger charge is 2.19. The molecular formula is C12H10F2OS. The van der Waals surface area contributed by atoms with Crippen LogP contribution in [0.5, 0.6) is 0 Å². The molecule has 1 aromatic heterocycles. The maximum absolute atomic E-state index is 13.6. The van der Waals surface area contributed by atoms with Gasteiger partial charge in [-0.05, 0) is 23.9 Å². The molecule has 0 saturated carbocycles. The molecule has 0 amide bonds. The van der Waals surface area contributed by atoms with Crippen molar-refractivity contribution in [3.05, 3.63) is 57.3 Å². The minimum absolute atomic E-state index is 0.0226. The number of hydrogen-bond donors (Lipinski definition) is 1. The van der Waals surface area contributed by atoms with E-state index in [-0.39, 0.29) is 11.1 Å². The van der Waals surface area contributed by atoms with Crippen molar-refractivity contribution in [2.45, 2.75) is 13.0 Å². The molecule has 4 heteroatoms. The van der Waals surface area contributed by atoms with Crippen LogP contribution < -0.4 is 0 Å². The first-order chi connectivity index (χ1) is 7.61. The van der Waals surface area contributed by atoms with Crippen LogP contribution in [0.1, 0.15) is 22.1 Å². The number of aliphatic hydroxyl groups is 1. The van der Waals surface area contributed by atoms with Gasteiger partial charge in [0, 0.05) is 10.4 Å². The van der Waals surface area contributed by atoms with Crippen LogP contribution in [-0.4, -0.2) is 5.11 Å². The van der Waals surface area contributed by atoms with E-state index in [0.717, 1.165) is 0 Å². The highest BCUT2D eigenvalue weighted by Crippen LogP contribution is 2.29. The zero-order valence-electron chi connectivity index (χ0n) is 8.58. The Morgan fingerprint density at radius 3 is 2.56 bits per heavy atom. The molecule has 1 unspecified atom stereocenters. The Balaban J connectivity index is 2.45. The van der Waals surface area contributed by atoms with E-state index in [1.54, 1.807) is 17.5 Å². The van der Waals surface area contributed by atoms with Gasteiger partial charge in [0.15, 0.2) is 11.6 Å². The van der Waals surface area contributed by atoms with Gasteiger partial charge in [0.2, 0.25) is 0 Å². The molecule has 1 atom stereocenters. The maximum Gasteiger partial charge on any atom is 0.165 e. The Morgan fingerprint density at radius 2 is 1.94 bits per heavy atom. The zero-order chi connectivity index (χ0) is 11.7. The summed E-state index contributed by atoms with van der Waals surface area (Å²) in [6, 6.07) is 6.32. The molecule has 2 aromatic rings. The third-order valence-corrected chi connectivity index (χ3v) is 3.34. The SMILES string of the molecule is Cc1ccc(C(O)c2cccs2)c(F)c1F. The predicted molar refractivity (Wildman–Crippen MR) is 59.5 cm³/mol. The zero-order valence-corrected chi connectivity index (χ0v) is 9.39. The smallest absolute Gasteiger partial charge is 0.165 e. The van der Waals surface area contributed by atoms with Crippen LogP contribution in [0.4, 0.5) is 8.78 Å². The molecular weight excluding hydrogens is 230 g/mol. The molecule has 16 heavy (non-hydrogen) atoms. The highest BCUT2D eigenvalue weighted by atomic mass is 32.1. The van der Waals surface area contributed by atoms with Crippen LogP contribution in [-0.2, 0) is 0 Å². The van der Waals surface area contributed by atoms with Gasteiger partial charge in [-0.25, -0.2) is 8.78 Å². The molecule has 0 aliphatic carbocycles. The normalized spacial score (nSPS) is 12.8. The van der Waals surface area contributed by atoms with E-state index in [4.69, 9.17) is 0 Å². The highest BCUT2D eigenvalue weighted by molar-refractivity contribution is 7.10. The van der Waals surface area contributed by atoms with Crippen LogP contribution in [0.2, 0.25) is 0 Å². The van der Waals surface area contributed by atoms with Crippen molar-refractivity contribution in [1.82, 2.24) is 0 Å². The van der Waals surface area contributed by atoms with E-state index in [1.807, 2.05) is 0 Å². The summed E-state index contributed by atoms with van der Waals surface area (Å²) in [5, 5.41) is 11.7. The second kappa shape index (κ2) is 4.31. The van der Waals surface area contributed by atoms with Crippen LogP contribution >= 0.6 is 11.3 Å². The fourth-order valence-electron chi connectivity index (χ4n) is 1.47. The van der Waals surface area contributed by atoms with Crippen molar-refractivity contribution >= 4 is 11.3 Å². The monoisotopic (exact) mass is 240 g/mol. The van der Waals surface area contributed by atoms with Crippen LogP contribution in [0, 0.1) is 18.6 Å². The molecule has 1 aromatic carbocycles. The van der Waals surface area contributed by atoms with Gasteiger partial charge in [0.1, 0.15) is 6.10 Å². The van der Waals surface area contributed by atoms with Crippen molar-refractivity contribution in [2.75, 3.05) is 0 Å². The van der Waals surface area contributed by atoms with Crippen LogP contribution in [0.25, 0.3) is 0 Å². The third kappa shape index (κ3) is 1.86. The lowest BCUT2D eigenvalue weighted by Crippen LogP contribution is -2.03. The van der Waals surface area contributed by atoms with Gasteiger partial charge >= 0.3 is 0 Å². The minimum atomic E-state index is -1.10. The molecule has 0 bridgehead atoms. The summed E-state index contributed by atoms with van der Waals surface area (Å²) >= 11 is 1.31. The predicted octanol–water partition coefficient (Wildman–Crippen LogP) is 3.42. The Bertz CT molecular complexity index is 494. The first kappa shape index (κ1) is 11.2. The van der Waals surface area contributed by atoms with E-state index in [0.29, 0.717) is 4.88 Å². The average molecular weight is 240 g/mol. The first-order valence-corrected chi connectivity index (χ1v) is 5.65. The van der Waals surface area contributed by atoms with Gasteiger partial charge < -0.3 is 5.11 Å². The second-order valence-corrected chi connectivity index (χ2v) is 4.50.